The molecule has 0 radical (unpaired) electrons. The molecule has 82 valence electrons. The second kappa shape index (κ2) is 3.67. The standard InChI is InChI=1S/C13H11BrO2/c1-2-3-8-9-4-6-16-13(9)11(14)10-5-7-15-12(8)10/h4-7H,2-3H2,1H3. The number of hydrogen-bond donors (Lipinski definition) is 0. The number of benzene rings is 1. The molecule has 2 heterocycles. The third-order valence-electron chi connectivity index (χ3n) is 2.87. The van der Waals surface area contributed by atoms with Gasteiger partial charge in [-0.2, -0.15) is 0 Å². The fraction of sp³-hybridized carbons (Fsp3) is 0.231. The molecule has 3 rings (SSSR count). The van der Waals surface area contributed by atoms with Gasteiger partial charge in [-0.3, -0.25) is 0 Å². The second-order valence-corrected chi connectivity index (χ2v) is 4.66. The Morgan fingerprint density at radius 2 is 1.75 bits per heavy atom. The van der Waals surface area contributed by atoms with Crippen molar-refractivity contribution in [1.82, 2.24) is 0 Å². The van der Waals surface area contributed by atoms with Crippen molar-refractivity contribution in [3.8, 4) is 0 Å². The first kappa shape index (κ1) is 9.97. The fourth-order valence-corrected chi connectivity index (χ4v) is 2.79. The Hall–Kier alpha value is -1.22. The molecule has 2 nitrogen and oxygen atoms in total. The van der Waals surface area contributed by atoms with E-state index in [1.54, 1.807) is 12.5 Å². The number of furan rings is 2. The van der Waals surface area contributed by atoms with Crippen LogP contribution >= 0.6 is 15.9 Å². The van der Waals surface area contributed by atoms with E-state index in [-0.39, 0.29) is 0 Å². The summed E-state index contributed by atoms with van der Waals surface area (Å²) in [5.41, 5.74) is 3.13. The van der Waals surface area contributed by atoms with Crippen LogP contribution in [0.3, 0.4) is 0 Å². The highest BCUT2D eigenvalue weighted by Gasteiger charge is 2.16. The molecule has 0 fully saturated rings. The zero-order chi connectivity index (χ0) is 11.1. The molecule has 0 bridgehead atoms. The molecule has 0 amide bonds. The van der Waals surface area contributed by atoms with Crippen LogP contribution in [0.5, 0.6) is 0 Å². The van der Waals surface area contributed by atoms with E-state index in [1.165, 1.54) is 5.56 Å². The van der Waals surface area contributed by atoms with Crippen LogP contribution in [0.2, 0.25) is 0 Å². The minimum absolute atomic E-state index is 0.914. The monoisotopic (exact) mass is 278 g/mol. The summed E-state index contributed by atoms with van der Waals surface area (Å²) in [7, 11) is 0. The molecule has 2 aromatic heterocycles. The van der Waals surface area contributed by atoms with Crippen LogP contribution in [0, 0.1) is 0 Å². The van der Waals surface area contributed by atoms with Crippen molar-refractivity contribution in [3.63, 3.8) is 0 Å². The Morgan fingerprint density at radius 1 is 1.06 bits per heavy atom. The lowest BCUT2D eigenvalue weighted by Crippen LogP contribution is -1.86. The van der Waals surface area contributed by atoms with E-state index in [0.29, 0.717) is 0 Å². The Kier molecular flexibility index (Phi) is 2.28. The molecule has 0 unspecified atom stereocenters. The average molecular weight is 279 g/mol. The summed E-state index contributed by atoms with van der Waals surface area (Å²) in [5, 5.41) is 2.24. The zero-order valence-electron chi connectivity index (χ0n) is 8.92. The highest BCUT2D eigenvalue weighted by Crippen LogP contribution is 2.37. The van der Waals surface area contributed by atoms with Gasteiger partial charge in [0.2, 0.25) is 0 Å². The zero-order valence-corrected chi connectivity index (χ0v) is 10.5. The van der Waals surface area contributed by atoms with E-state index in [1.807, 2.05) is 12.1 Å². The van der Waals surface area contributed by atoms with Gasteiger partial charge in [0.15, 0.2) is 0 Å². The summed E-state index contributed by atoms with van der Waals surface area (Å²) < 4.78 is 12.1. The van der Waals surface area contributed by atoms with Crippen molar-refractivity contribution >= 4 is 37.9 Å². The third-order valence-corrected chi connectivity index (χ3v) is 3.65. The van der Waals surface area contributed by atoms with Gasteiger partial charge in [0.25, 0.3) is 0 Å². The van der Waals surface area contributed by atoms with Gasteiger partial charge in [0.05, 0.1) is 17.0 Å². The fourth-order valence-electron chi connectivity index (χ4n) is 2.18. The van der Waals surface area contributed by atoms with E-state index < -0.39 is 0 Å². The molecule has 0 saturated heterocycles. The first-order chi connectivity index (χ1) is 7.83. The van der Waals surface area contributed by atoms with Crippen molar-refractivity contribution in [2.75, 3.05) is 0 Å². The first-order valence-electron chi connectivity index (χ1n) is 5.37. The van der Waals surface area contributed by atoms with E-state index in [9.17, 15) is 0 Å². The molecule has 0 aliphatic carbocycles. The third kappa shape index (κ3) is 1.24. The number of fused-ring (bicyclic) bond motifs is 2. The average Bonchev–Trinajstić information content (AvgIpc) is 2.92. The van der Waals surface area contributed by atoms with Crippen molar-refractivity contribution < 1.29 is 8.83 Å². The largest absolute Gasteiger partial charge is 0.464 e. The first-order valence-corrected chi connectivity index (χ1v) is 6.17. The minimum Gasteiger partial charge on any atom is -0.464 e. The molecule has 0 N–H and O–H groups in total. The summed E-state index contributed by atoms with van der Waals surface area (Å²) in [6, 6.07) is 3.98. The number of halogens is 1. The summed E-state index contributed by atoms with van der Waals surface area (Å²) in [5.74, 6) is 0. The van der Waals surface area contributed by atoms with E-state index in [0.717, 1.165) is 39.3 Å². The normalized spacial score (nSPS) is 11.6. The quantitative estimate of drug-likeness (QED) is 0.667. The van der Waals surface area contributed by atoms with Crippen LogP contribution in [0.4, 0.5) is 0 Å². The molecule has 16 heavy (non-hydrogen) atoms. The van der Waals surface area contributed by atoms with Gasteiger partial charge in [0, 0.05) is 16.3 Å². The summed E-state index contributed by atoms with van der Waals surface area (Å²) in [4.78, 5) is 0. The van der Waals surface area contributed by atoms with E-state index in [4.69, 9.17) is 8.83 Å². The Morgan fingerprint density at radius 3 is 2.50 bits per heavy atom. The molecule has 0 aliphatic rings. The van der Waals surface area contributed by atoms with Crippen LogP contribution in [0.1, 0.15) is 18.9 Å². The summed E-state index contributed by atoms with van der Waals surface area (Å²) >= 11 is 3.57. The number of rotatable bonds is 2. The molecule has 0 spiro atoms. The Balaban J connectivity index is 2.51. The lowest BCUT2D eigenvalue weighted by atomic mass is 10.0. The van der Waals surface area contributed by atoms with Gasteiger partial charge in [0.1, 0.15) is 11.2 Å². The van der Waals surface area contributed by atoms with Crippen molar-refractivity contribution in [3.05, 3.63) is 34.7 Å². The van der Waals surface area contributed by atoms with Crippen LogP contribution < -0.4 is 0 Å². The molecular weight excluding hydrogens is 268 g/mol. The van der Waals surface area contributed by atoms with Crippen molar-refractivity contribution in [2.45, 2.75) is 19.8 Å². The molecule has 0 aliphatic heterocycles. The van der Waals surface area contributed by atoms with Crippen molar-refractivity contribution in [2.24, 2.45) is 0 Å². The SMILES string of the molecule is CCCc1c2ccoc2c(Br)c2ccoc12. The van der Waals surface area contributed by atoms with Gasteiger partial charge in [-0.25, -0.2) is 0 Å². The van der Waals surface area contributed by atoms with E-state index >= 15 is 0 Å². The van der Waals surface area contributed by atoms with Gasteiger partial charge in [-0.1, -0.05) is 13.3 Å². The van der Waals surface area contributed by atoms with Crippen LogP contribution in [-0.4, -0.2) is 0 Å². The molecular formula is C13H11BrO2. The van der Waals surface area contributed by atoms with Gasteiger partial charge in [-0.05, 0) is 34.5 Å². The maximum atomic E-state index is 5.59. The summed E-state index contributed by atoms with van der Waals surface area (Å²) in [6.45, 7) is 2.17. The predicted molar refractivity (Wildman–Crippen MR) is 67.7 cm³/mol. The Bertz CT molecular complexity index is 597. The van der Waals surface area contributed by atoms with Gasteiger partial charge < -0.3 is 8.83 Å². The van der Waals surface area contributed by atoms with Crippen LogP contribution in [0.25, 0.3) is 21.9 Å². The Labute approximate surface area is 101 Å². The predicted octanol–water partition coefficient (Wildman–Crippen LogP) is 4.89. The topological polar surface area (TPSA) is 26.3 Å². The second-order valence-electron chi connectivity index (χ2n) is 3.87. The van der Waals surface area contributed by atoms with Crippen molar-refractivity contribution in [1.29, 1.82) is 0 Å². The molecule has 0 saturated carbocycles. The molecule has 0 atom stereocenters. The lowest BCUT2D eigenvalue weighted by molar-refractivity contribution is 0.607. The van der Waals surface area contributed by atoms with Gasteiger partial charge >= 0.3 is 0 Å². The minimum atomic E-state index is 0.914. The molecule has 3 aromatic rings. The highest BCUT2D eigenvalue weighted by atomic mass is 79.9. The summed E-state index contributed by atoms with van der Waals surface area (Å²) in [6.07, 6.45) is 5.56. The van der Waals surface area contributed by atoms with Gasteiger partial charge in [-0.15, -0.1) is 0 Å². The van der Waals surface area contributed by atoms with Crippen LogP contribution in [-0.2, 0) is 6.42 Å². The number of aryl methyl sites for hydroxylation is 1. The maximum absolute atomic E-state index is 5.59. The molecule has 1 aromatic carbocycles. The number of hydrogen-bond acceptors (Lipinski definition) is 2. The smallest absolute Gasteiger partial charge is 0.149 e. The molecule has 3 heteroatoms. The maximum Gasteiger partial charge on any atom is 0.149 e. The van der Waals surface area contributed by atoms with Crippen LogP contribution in [0.15, 0.2) is 38.0 Å². The highest BCUT2D eigenvalue weighted by molar-refractivity contribution is 9.10. The van der Waals surface area contributed by atoms with E-state index in [2.05, 4.69) is 22.9 Å². The lowest BCUT2D eigenvalue weighted by Gasteiger charge is -2.04.